The van der Waals surface area contributed by atoms with Crippen LogP contribution in [-0.2, 0) is 0 Å². The number of aromatic hydroxyl groups is 1. The third-order valence-corrected chi connectivity index (χ3v) is 2.32. The van der Waals surface area contributed by atoms with Crippen molar-refractivity contribution in [3.05, 3.63) is 28.2 Å². The Morgan fingerprint density at radius 3 is 2.62 bits per heavy atom. The van der Waals surface area contributed by atoms with Gasteiger partial charge in [-0.15, -0.1) is 0 Å². The molecule has 0 radical (unpaired) electrons. The van der Waals surface area contributed by atoms with Gasteiger partial charge in [0, 0.05) is 15.7 Å². The van der Waals surface area contributed by atoms with Crippen molar-refractivity contribution >= 4 is 21.6 Å². The second kappa shape index (κ2) is 3.92. The van der Waals surface area contributed by atoms with E-state index in [2.05, 4.69) is 15.9 Å². The molecule has 1 aromatic rings. The molecule has 1 aromatic carbocycles. The summed E-state index contributed by atoms with van der Waals surface area (Å²) >= 11 is 3.31. The lowest BCUT2D eigenvalue weighted by Gasteiger charge is -2.09. The molecule has 0 saturated heterocycles. The Balaban J connectivity index is 3.13. The molecule has 1 rings (SSSR count). The normalized spacial score (nSPS) is 10.5. The highest BCUT2D eigenvalue weighted by molar-refractivity contribution is 9.10. The third kappa shape index (κ3) is 2.31. The highest BCUT2D eigenvalue weighted by Gasteiger charge is 2.10. The molecule has 2 N–H and O–H groups in total. The van der Waals surface area contributed by atoms with Crippen LogP contribution in [0.5, 0.6) is 5.75 Å². The van der Waals surface area contributed by atoms with Crippen molar-refractivity contribution in [1.29, 1.82) is 5.41 Å². The van der Waals surface area contributed by atoms with Gasteiger partial charge in [0.15, 0.2) is 0 Å². The molecule has 0 heterocycles. The second-order valence-electron chi connectivity index (χ2n) is 3.23. The SMILES string of the molecule is CC(C)C(=N)c1cc(Br)ccc1O. The van der Waals surface area contributed by atoms with Crippen molar-refractivity contribution < 1.29 is 5.11 Å². The summed E-state index contributed by atoms with van der Waals surface area (Å²) in [7, 11) is 0. The number of phenols is 1. The van der Waals surface area contributed by atoms with Crippen LogP contribution in [-0.4, -0.2) is 10.8 Å². The van der Waals surface area contributed by atoms with Crippen LogP contribution in [0.25, 0.3) is 0 Å². The first-order valence-corrected chi connectivity index (χ1v) is 4.89. The Morgan fingerprint density at radius 1 is 1.46 bits per heavy atom. The zero-order chi connectivity index (χ0) is 10.0. The number of rotatable bonds is 2. The molecule has 0 unspecified atom stereocenters. The smallest absolute Gasteiger partial charge is 0.124 e. The quantitative estimate of drug-likeness (QED) is 0.768. The molecule has 0 aromatic heterocycles. The fourth-order valence-corrected chi connectivity index (χ4v) is 1.40. The number of nitrogens with one attached hydrogen (secondary N) is 1. The van der Waals surface area contributed by atoms with Crippen LogP contribution >= 0.6 is 15.9 Å². The minimum Gasteiger partial charge on any atom is -0.507 e. The number of phenolic OH excluding ortho intramolecular Hbond substituents is 1. The second-order valence-corrected chi connectivity index (χ2v) is 4.15. The lowest BCUT2D eigenvalue weighted by atomic mass is 9.99. The summed E-state index contributed by atoms with van der Waals surface area (Å²) < 4.78 is 0.880. The lowest BCUT2D eigenvalue weighted by molar-refractivity contribution is 0.473. The maximum Gasteiger partial charge on any atom is 0.124 e. The van der Waals surface area contributed by atoms with Gasteiger partial charge in [0.25, 0.3) is 0 Å². The molecule has 0 aliphatic rings. The van der Waals surface area contributed by atoms with E-state index in [1.54, 1.807) is 18.2 Å². The summed E-state index contributed by atoms with van der Waals surface area (Å²) in [5.74, 6) is 0.294. The van der Waals surface area contributed by atoms with Crippen molar-refractivity contribution in [3.63, 3.8) is 0 Å². The highest BCUT2D eigenvalue weighted by atomic mass is 79.9. The fourth-order valence-electron chi connectivity index (χ4n) is 1.03. The van der Waals surface area contributed by atoms with E-state index in [-0.39, 0.29) is 11.7 Å². The van der Waals surface area contributed by atoms with Crippen molar-refractivity contribution in [2.24, 2.45) is 5.92 Å². The molecule has 0 aliphatic heterocycles. The van der Waals surface area contributed by atoms with Crippen LogP contribution in [0.2, 0.25) is 0 Å². The van der Waals surface area contributed by atoms with Crippen LogP contribution in [0.4, 0.5) is 0 Å². The summed E-state index contributed by atoms with van der Waals surface area (Å²) in [5.41, 5.74) is 1.06. The van der Waals surface area contributed by atoms with Crippen molar-refractivity contribution in [1.82, 2.24) is 0 Å². The van der Waals surface area contributed by atoms with Gasteiger partial charge in [0.05, 0.1) is 0 Å². The van der Waals surface area contributed by atoms with Gasteiger partial charge >= 0.3 is 0 Å². The predicted octanol–water partition coefficient (Wildman–Crippen LogP) is 3.18. The molecule has 3 heteroatoms. The summed E-state index contributed by atoms with van der Waals surface area (Å²) in [6, 6.07) is 5.11. The summed E-state index contributed by atoms with van der Waals surface area (Å²) in [6.07, 6.45) is 0. The molecule has 0 atom stereocenters. The molecular weight excluding hydrogens is 230 g/mol. The molecule has 0 aliphatic carbocycles. The van der Waals surface area contributed by atoms with Crippen LogP contribution in [0.15, 0.2) is 22.7 Å². The number of hydrogen-bond donors (Lipinski definition) is 2. The Bertz CT molecular complexity index is 334. The Morgan fingerprint density at radius 2 is 2.08 bits per heavy atom. The summed E-state index contributed by atoms with van der Waals surface area (Å²) in [6.45, 7) is 3.87. The minimum absolute atomic E-state index is 0.125. The van der Waals surface area contributed by atoms with E-state index in [9.17, 15) is 5.11 Å². The standard InChI is InChI=1S/C10H12BrNO/c1-6(2)10(12)8-5-7(11)3-4-9(8)13/h3-6,12-13H,1-2H3. The molecule has 70 valence electrons. The van der Waals surface area contributed by atoms with Crippen LogP contribution in [0.3, 0.4) is 0 Å². The largest absolute Gasteiger partial charge is 0.507 e. The Kier molecular flexibility index (Phi) is 3.09. The highest BCUT2D eigenvalue weighted by Crippen LogP contribution is 2.24. The van der Waals surface area contributed by atoms with Crippen LogP contribution < -0.4 is 0 Å². The molecule has 0 spiro atoms. The maximum absolute atomic E-state index is 9.49. The van der Waals surface area contributed by atoms with Gasteiger partial charge in [0.1, 0.15) is 5.75 Å². The average Bonchev–Trinajstić information content (AvgIpc) is 2.08. The first-order valence-electron chi connectivity index (χ1n) is 4.09. The van der Waals surface area contributed by atoms with E-state index >= 15 is 0 Å². The summed E-state index contributed by atoms with van der Waals surface area (Å²) in [4.78, 5) is 0. The maximum atomic E-state index is 9.49. The van der Waals surface area contributed by atoms with E-state index < -0.39 is 0 Å². The first kappa shape index (κ1) is 10.3. The van der Waals surface area contributed by atoms with Gasteiger partial charge in [-0.1, -0.05) is 29.8 Å². The lowest BCUT2D eigenvalue weighted by Crippen LogP contribution is -2.07. The molecular formula is C10H12BrNO. The van der Waals surface area contributed by atoms with Gasteiger partial charge in [-0.3, -0.25) is 0 Å². The van der Waals surface area contributed by atoms with E-state index in [1.807, 2.05) is 13.8 Å². The van der Waals surface area contributed by atoms with Crippen LogP contribution in [0.1, 0.15) is 19.4 Å². The Labute approximate surface area is 86.2 Å². The van der Waals surface area contributed by atoms with E-state index in [4.69, 9.17) is 5.41 Å². The first-order chi connectivity index (χ1) is 6.02. The number of halogens is 1. The van der Waals surface area contributed by atoms with Crippen molar-refractivity contribution in [2.45, 2.75) is 13.8 Å². The molecule has 0 bridgehead atoms. The van der Waals surface area contributed by atoms with Crippen LogP contribution in [0, 0.1) is 11.3 Å². The van der Waals surface area contributed by atoms with Crippen molar-refractivity contribution in [2.75, 3.05) is 0 Å². The fraction of sp³-hybridized carbons (Fsp3) is 0.300. The van der Waals surface area contributed by atoms with Gasteiger partial charge in [0.2, 0.25) is 0 Å². The van der Waals surface area contributed by atoms with Gasteiger partial charge < -0.3 is 10.5 Å². The zero-order valence-corrected chi connectivity index (χ0v) is 9.22. The molecule has 0 saturated carbocycles. The van der Waals surface area contributed by atoms with Gasteiger partial charge in [-0.05, 0) is 24.1 Å². The molecule has 13 heavy (non-hydrogen) atoms. The van der Waals surface area contributed by atoms with E-state index in [1.165, 1.54) is 0 Å². The number of hydrogen-bond acceptors (Lipinski definition) is 2. The topological polar surface area (TPSA) is 44.1 Å². The zero-order valence-electron chi connectivity index (χ0n) is 7.63. The molecule has 0 amide bonds. The van der Waals surface area contributed by atoms with Crippen molar-refractivity contribution in [3.8, 4) is 5.75 Å². The average molecular weight is 242 g/mol. The van der Waals surface area contributed by atoms with E-state index in [0.717, 1.165) is 4.47 Å². The van der Waals surface area contributed by atoms with Gasteiger partial charge in [-0.2, -0.15) is 0 Å². The molecule has 0 fully saturated rings. The molecule has 2 nitrogen and oxygen atoms in total. The third-order valence-electron chi connectivity index (χ3n) is 1.83. The summed E-state index contributed by atoms with van der Waals surface area (Å²) in [5, 5.41) is 17.2. The van der Waals surface area contributed by atoms with Gasteiger partial charge in [-0.25, -0.2) is 0 Å². The monoisotopic (exact) mass is 241 g/mol. The Hall–Kier alpha value is -0.830. The predicted molar refractivity (Wildman–Crippen MR) is 57.5 cm³/mol. The number of benzene rings is 1. The minimum atomic E-state index is 0.125. The van der Waals surface area contributed by atoms with E-state index in [0.29, 0.717) is 11.3 Å².